The first-order valence-corrected chi connectivity index (χ1v) is 8.19. The average molecular weight is 317 g/mol. The maximum absolute atomic E-state index is 12.1. The molecule has 1 heterocycles. The standard InChI is InChI=1S/C16H19N3O2S/c1-16(10-20,12-4-5-12)19-15(21)18-13-6-2-11(3-7-13)14-17-8-9-22-14/h2-3,6-9,12,20H,4-5,10H2,1H3,(H2,18,19,21). The molecule has 2 aromatic rings. The van der Waals surface area contributed by atoms with Crippen molar-refractivity contribution < 1.29 is 9.90 Å². The molecule has 1 aromatic carbocycles. The first kappa shape index (κ1) is 15.0. The fourth-order valence-corrected chi connectivity index (χ4v) is 3.12. The molecule has 0 spiro atoms. The van der Waals surface area contributed by atoms with Gasteiger partial charge in [0.05, 0.1) is 12.1 Å². The van der Waals surface area contributed by atoms with Crippen LogP contribution in [0.3, 0.4) is 0 Å². The predicted molar refractivity (Wildman–Crippen MR) is 87.9 cm³/mol. The third-order valence-corrected chi connectivity index (χ3v) is 4.85. The minimum atomic E-state index is -0.537. The number of hydrogen-bond donors (Lipinski definition) is 3. The van der Waals surface area contributed by atoms with Crippen LogP contribution in [-0.4, -0.2) is 28.3 Å². The molecule has 0 aliphatic heterocycles. The molecule has 1 aliphatic rings. The second-order valence-corrected chi connectivity index (χ2v) is 6.74. The summed E-state index contributed by atoms with van der Waals surface area (Å²) in [6.07, 6.45) is 3.88. The molecule has 2 amide bonds. The van der Waals surface area contributed by atoms with Crippen molar-refractivity contribution in [1.29, 1.82) is 0 Å². The van der Waals surface area contributed by atoms with Crippen LogP contribution in [0.1, 0.15) is 19.8 Å². The van der Waals surface area contributed by atoms with Gasteiger partial charge in [-0.05, 0) is 49.9 Å². The lowest BCUT2D eigenvalue weighted by Crippen LogP contribution is -2.52. The third kappa shape index (κ3) is 3.28. The molecule has 5 nitrogen and oxygen atoms in total. The second-order valence-electron chi connectivity index (χ2n) is 5.84. The zero-order valence-electron chi connectivity index (χ0n) is 12.4. The molecule has 1 fully saturated rings. The Balaban J connectivity index is 1.62. The van der Waals surface area contributed by atoms with Gasteiger partial charge in [-0.25, -0.2) is 9.78 Å². The molecule has 22 heavy (non-hydrogen) atoms. The van der Waals surface area contributed by atoms with E-state index in [-0.39, 0.29) is 12.6 Å². The van der Waals surface area contributed by atoms with Gasteiger partial charge in [0.15, 0.2) is 0 Å². The Kier molecular flexibility index (Phi) is 4.13. The van der Waals surface area contributed by atoms with Crippen molar-refractivity contribution in [1.82, 2.24) is 10.3 Å². The molecule has 1 atom stereocenters. The summed E-state index contributed by atoms with van der Waals surface area (Å²) in [4.78, 5) is 16.3. The summed E-state index contributed by atoms with van der Waals surface area (Å²) < 4.78 is 0. The molecule has 116 valence electrons. The quantitative estimate of drug-likeness (QED) is 0.793. The van der Waals surface area contributed by atoms with Crippen LogP contribution in [0.4, 0.5) is 10.5 Å². The maximum atomic E-state index is 12.1. The van der Waals surface area contributed by atoms with Crippen molar-refractivity contribution >= 4 is 23.1 Å². The van der Waals surface area contributed by atoms with E-state index in [0.29, 0.717) is 11.6 Å². The van der Waals surface area contributed by atoms with Gasteiger partial charge in [-0.2, -0.15) is 0 Å². The summed E-state index contributed by atoms with van der Waals surface area (Å²) in [5.74, 6) is 0.371. The number of nitrogens with zero attached hydrogens (tertiary/aromatic N) is 1. The molecular formula is C16H19N3O2S. The summed E-state index contributed by atoms with van der Waals surface area (Å²) in [7, 11) is 0. The monoisotopic (exact) mass is 317 g/mol. The fraction of sp³-hybridized carbons (Fsp3) is 0.375. The number of rotatable bonds is 5. The van der Waals surface area contributed by atoms with E-state index in [0.717, 1.165) is 23.4 Å². The largest absolute Gasteiger partial charge is 0.394 e. The van der Waals surface area contributed by atoms with Gasteiger partial charge >= 0.3 is 6.03 Å². The summed E-state index contributed by atoms with van der Waals surface area (Å²) in [6.45, 7) is 1.84. The number of hydrogen-bond acceptors (Lipinski definition) is 4. The van der Waals surface area contributed by atoms with E-state index in [9.17, 15) is 9.90 Å². The summed E-state index contributed by atoms with van der Waals surface area (Å²) >= 11 is 1.58. The number of aliphatic hydroxyl groups is 1. The Labute approximate surface area is 133 Å². The number of thiazole rings is 1. The predicted octanol–water partition coefficient (Wildman–Crippen LogP) is 3.09. The maximum Gasteiger partial charge on any atom is 0.319 e. The van der Waals surface area contributed by atoms with Gasteiger partial charge in [-0.3, -0.25) is 0 Å². The number of aromatic nitrogens is 1. The van der Waals surface area contributed by atoms with Crippen molar-refractivity contribution in [2.45, 2.75) is 25.3 Å². The van der Waals surface area contributed by atoms with Crippen molar-refractivity contribution in [2.75, 3.05) is 11.9 Å². The number of benzene rings is 1. The van der Waals surface area contributed by atoms with Gasteiger partial charge in [-0.15, -0.1) is 11.3 Å². The van der Waals surface area contributed by atoms with E-state index < -0.39 is 5.54 Å². The Morgan fingerprint density at radius 2 is 2.14 bits per heavy atom. The number of urea groups is 1. The van der Waals surface area contributed by atoms with E-state index in [4.69, 9.17) is 0 Å². The minimum Gasteiger partial charge on any atom is -0.394 e. The van der Waals surface area contributed by atoms with Crippen LogP contribution >= 0.6 is 11.3 Å². The Bertz CT molecular complexity index is 638. The minimum absolute atomic E-state index is 0.0475. The summed E-state index contributed by atoms with van der Waals surface area (Å²) in [5.41, 5.74) is 1.21. The molecule has 6 heteroatoms. The first-order chi connectivity index (χ1) is 10.6. The highest BCUT2D eigenvalue weighted by atomic mass is 32.1. The van der Waals surface area contributed by atoms with E-state index in [1.54, 1.807) is 17.5 Å². The van der Waals surface area contributed by atoms with Crippen LogP contribution in [0, 0.1) is 5.92 Å². The smallest absolute Gasteiger partial charge is 0.319 e. The van der Waals surface area contributed by atoms with Gasteiger partial charge in [-0.1, -0.05) is 0 Å². The van der Waals surface area contributed by atoms with E-state index in [1.165, 1.54) is 0 Å². The second kappa shape index (κ2) is 6.06. The lowest BCUT2D eigenvalue weighted by atomic mass is 9.97. The van der Waals surface area contributed by atoms with Crippen LogP contribution in [0.2, 0.25) is 0 Å². The van der Waals surface area contributed by atoms with E-state index in [1.807, 2.05) is 36.6 Å². The van der Waals surface area contributed by atoms with Crippen LogP contribution in [0.25, 0.3) is 10.6 Å². The molecular weight excluding hydrogens is 298 g/mol. The molecule has 3 N–H and O–H groups in total. The SMILES string of the molecule is CC(CO)(NC(=O)Nc1ccc(-c2nccs2)cc1)C1CC1. The van der Waals surface area contributed by atoms with E-state index in [2.05, 4.69) is 15.6 Å². The third-order valence-electron chi connectivity index (χ3n) is 4.03. The normalized spacial score (nSPS) is 16.8. The van der Waals surface area contributed by atoms with Gasteiger partial charge in [0.1, 0.15) is 5.01 Å². The van der Waals surface area contributed by atoms with Gasteiger partial charge in [0.2, 0.25) is 0 Å². The molecule has 1 saturated carbocycles. The lowest BCUT2D eigenvalue weighted by Gasteiger charge is -2.28. The number of carbonyl (C=O) groups excluding carboxylic acids is 1. The van der Waals surface area contributed by atoms with Crippen LogP contribution < -0.4 is 10.6 Å². The van der Waals surface area contributed by atoms with Crippen molar-refractivity contribution in [2.24, 2.45) is 5.92 Å². The van der Waals surface area contributed by atoms with Crippen LogP contribution in [0.15, 0.2) is 35.8 Å². The van der Waals surface area contributed by atoms with Crippen LogP contribution in [0.5, 0.6) is 0 Å². The Hall–Kier alpha value is -1.92. The topological polar surface area (TPSA) is 74.2 Å². The van der Waals surface area contributed by atoms with Crippen molar-refractivity contribution in [3.8, 4) is 10.6 Å². The number of amides is 2. The lowest BCUT2D eigenvalue weighted by molar-refractivity contribution is 0.159. The van der Waals surface area contributed by atoms with E-state index >= 15 is 0 Å². The fourth-order valence-electron chi connectivity index (χ4n) is 2.48. The number of nitrogens with one attached hydrogen (secondary N) is 2. The average Bonchev–Trinajstić information content (AvgIpc) is 3.24. The zero-order valence-corrected chi connectivity index (χ0v) is 13.2. The van der Waals surface area contributed by atoms with Crippen molar-refractivity contribution in [3.63, 3.8) is 0 Å². The molecule has 1 aromatic heterocycles. The zero-order chi connectivity index (χ0) is 15.6. The highest BCUT2D eigenvalue weighted by Gasteiger charge is 2.42. The number of carbonyl (C=O) groups is 1. The molecule has 0 saturated heterocycles. The summed E-state index contributed by atoms with van der Waals surface area (Å²) in [6, 6.07) is 7.28. The number of anilines is 1. The molecule has 1 aliphatic carbocycles. The Morgan fingerprint density at radius 3 is 2.68 bits per heavy atom. The molecule has 1 unspecified atom stereocenters. The van der Waals surface area contributed by atoms with Gasteiger partial charge in [0, 0.05) is 22.8 Å². The van der Waals surface area contributed by atoms with Crippen LogP contribution in [-0.2, 0) is 0 Å². The van der Waals surface area contributed by atoms with Crippen molar-refractivity contribution in [3.05, 3.63) is 35.8 Å². The Morgan fingerprint density at radius 1 is 1.41 bits per heavy atom. The molecule has 0 bridgehead atoms. The molecule has 3 rings (SSSR count). The first-order valence-electron chi connectivity index (χ1n) is 7.31. The highest BCUT2D eigenvalue weighted by molar-refractivity contribution is 7.13. The number of aliphatic hydroxyl groups excluding tert-OH is 1. The van der Waals surface area contributed by atoms with Gasteiger partial charge in [0.25, 0.3) is 0 Å². The highest BCUT2D eigenvalue weighted by Crippen LogP contribution is 2.39. The van der Waals surface area contributed by atoms with Gasteiger partial charge < -0.3 is 15.7 Å². The molecule has 0 radical (unpaired) electrons. The summed E-state index contributed by atoms with van der Waals surface area (Å²) in [5, 5.41) is 18.1.